The maximum absolute atomic E-state index is 13.0. The molecule has 0 aliphatic carbocycles. The van der Waals surface area contributed by atoms with Crippen LogP contribution in [0, 0.1) is 0 Å². The van der Waals surface area contributed by atoms with E-state index in [1.165, 1.54) is 12.1 Å². The van der Waals surface area contributed by atoms with Gasteiger partial charge in [-0.25, -0.2) is 4.79 Å². The number of esters is 1. The van der Waals surface area contributed by atoms with Crippen molar-refractivity contribution >= 4 is 29.0 Å². The third kappa shape index (κ3) is 3.34. The van der Waals surface area contributed by atoms with Gasteiger partial charge in [-0.1, -0.05) is 32.0 Å². The van der Waals surface area contributed by atoms with Crippen molar-refractivity contribution in [2.45, 2.75) is 26.2 Å². The van der Waals surface area contributed by atoms with E-state index in [2.05, 4.69) is 23.8 Å². The number of carbonyl (C=O) groups is 2. The Morgan fingerprint density at radius 2 is 1.81 bits per heavy atom. The molecule has 2 aliphatic rings. The van der Waals surface area contributed by atoms with Crippen molar-refractivity contribution in [2.75, 3.05) is 24.1 Å². The Morgan fingerprint density at radius 1 is 1.10 bits per heavy atom. The van der Waals surface area contributed by atoms with Crippen LogP contribution in [0.25, 0.3) is 0 Å². The first-order chi connectivity index (χ1) is 14.8. The van der Waals surface area contributed by atoms with Crippen LogP contribution in [0.5, 0.6) is 0 Å². The minimum atomic E-state index is -0.356. The third-order valence-corrected chi connectivity index (χ3v) is 5.93. The molecule has 4 rings (SSSR count). The number of hydrogen-bond donors (Lipinski definition) is 0. The predicted molar refractivity (Wildman–Crippen MR) is 122 cm³/mol. The number of hydrogen-bond acceptors (Lipinski definition) is 5. The normalized spacial score (nSPS) is 19.8. The summed E-state index contributed by atoms with van der Waals surface area (Å²) >= 11 is 0. The monoisotopic (exact) mass is 415 g/mol. The Kier molecular flexibility index (Phi) is 5.01. The molecule has 2 aromatic carbocycles. The van der Waals surface area contributed by atoms with Crippen molar-refractivity contribution < 1.29 is 14.3 Å². The standard InChI is InChI=1S/C25H25N3O3/c1-16-19(23(29)28(26-16)18-9-7-6-8-10-18)12-14-22-25(2,3)20-15-17(24(30)31-5)11-13-21(20)27(22)4/h6-15H,1-5H3. The Morgan fingerprint density at radius 3 is 2.48 bits per heavy atom. The van der Waals surface area contributed by atoms with Crippen LogP contribution in [0.2, 0.25) is 0 Å². The van der Waals surface area contributed by atoms with Gasteiger partial charge < -0.3 is 9.64 Å². The highest BCUT2D eigenvalue weighted by Gasteiger charge is 2.39. The summed E-state index contributed by atoms with van der Waals surface area (Å²) in [6, 6.07) is 15.0. The van der Waals surface area contributed by atoms with Crippen LogP contribution >= 0.6 is 0 Å². The average Bonchev–Trinajstić information content (AvgIpc) is 3.16. The first-order valence-electron chi connectivity index (χ1n) is 10.1. The van der Waals surface area contributed by atoms with E-state index in [-0.39, 0.29) is 17.3 Å². The number of amides is 1. The summed E-state index contributed by atoms with van der Waals surface area (Å²) in [4.78, 5) is 27.1. The molecule has 6 heteroatoms. The Hall–Kier alpha value is -3.67. The molecule has 0 bridgehead atoms. The molecule has 31 heavy (non-hydrogen) atoms. The Balaban J connectivity index is 1.69. The summed E-state index contributed by atoms with van der Waals surface area (Å²) in [5.74, 6) is -0.505. The molecule has 158 valence electrons. The highest BCUT2D eigenvalue weighted by molar-refractivity contribution is 6.29. The first kappa shape index (κ1) is 20.6. The van der Waals surface area contributed by atoms with Crippen LogP contribution in [0.3, 0.4) is 0 Å². The molecular weight excluding hydrogens is 390 g/mol. The molecule has 0 N–H and O–H groups in total. The molecule has 0 saturated heterocycles. The third-order valence-electron chi connectivity index (χ3n) is 5.93. The lowest BCUT2D eigenvalue weighted by atomic mass is 9.83. The topological polar surface area (TPSA) is 62.2 Å². The Labute approximate surface area is 182 Å². The Bertz CT molecular complexity index is 1160. The summed E-state index contributed by atoms with van der Waals surface area (Å²) < 4.78 is 4.87. The number of allylic oxidation sites excluding steroid dienone is 3. The molecule has 6 nitrogen and oxygen atoms in total. The second kappa shape index (κ2) is 7.54. The highest BCUT2D eigenvalue weighted by Crippen LogP contribution is 2.47. The van der Waals surface area contributed by atoms with Crippen molar-refractivity contribution in [2.24, 2.45) is 5.10 Å². The van der Waals surface area contributed by atoms with E-state index in [0.29, 0.717) is 16.8 Å². The summed E-state index contributed by atoms with van der Waals surface area (Å²) in [6.07, 6.45) is 3.81. The van der Waals surface area contributed by atoms with Gasteiger partial charge in [-0.05, 0) is 55.0 Å². The summed E-state index contributed by atoms with van der Waals surface area (Å²) in [5, 5.41) is 5.87. The van der Waals surface area contributed by atoms with E-state index in [9.17, 15) is 9.59 Å². The van der Waals surface area contributed by atoms with E-state index < -0.39 is 0 Å². The van der Waals surface area contributed by atoms with Crippen molar-refractivity contribution in [1.29, 1.82) is 0 Å². The maximum Gasteiger partial charge on any atom is 0.337 e. The van der Waals surface area contributed by atoms with Crippen molar-refractivity contribution in [1.82, 2.24) is 0 Å². The number of nitrogens with zero attached hydrogens (tertiary/aromatic N) is 3. The highest BCUT2D eigenvalue weighted by atomic mass is 16.5. The van der Waals surface area contributed by atoms with Crippen molar-refractivity contribution in [3.05, 3.63) is 83.1 Å². The molecular formula is C25H25N3O3. The molecule has 0 fully saturated rings. The van der Waals surface area contributed by atoms with E-state index in [1.54, 1.807) is 6.07 Å². The number of carbonyl (C=O) groups excluding carboxylic acids is 2. The zero-order chi connectivity index (χ0) is 22.3. The number of anilines is 2. The number of likely N-dealkylation sites (N-methyl/N-ethyl adjacent to an activating group) is 1. The van der Waals surface area contributed by atoms with Gasteiger partial charge in [-0.15, -0.1) is 0 Å². The fraction of sp³-hybridized carbons (Fsp3) is 0.240. The van der Waals surface area contributed by atoms with Gasteiger partial charge in [0, 0.05) is 23.8 Å². The van der Waals surface area contributed by atoms with Gasteiger partial charge in [-0.2, -0.15) is 10.1 Å². The predicted octanol–water partition coefficient (Wildman–Crippen LogP) is 4.43. The van der Waals surface area contributed by atoms with E-state index in [1.807, 2.05) is 68.6 Å². The molecule has 0 spiro atoms. The van der Waals surface area contributed by atoms with Crippen LogP contribution in [0.15, 0.2) is 77.1 Å². The van der Waals surface area contributed by atoms with Gasteiger partial charge in [0.25, 0.3) is 5.91 Å². The lowest BCUT2D eigenvalue weighted by molar-refractivity contribution is -0.114. The van der Waals surface area contributed by atoms with Gasteiger partial charge in [-0.3, -0.25) is 4.79 Å². The SMILES string of the molecule is COC(=O)c1ccc2c(c1)C(C)(C)C(=CC=C1C(=O)N(c3ccccc3)N=C1C)N2C. The fourth-order valence-corrected chi connectivity index (χ4v) is 4.20. The molecule has 0 unspecified atom stereocenters. The second-order valence-corrected chi connectivity index (χ2v) is 8.18. The number of benzene rings is 2. The van der Waals surface area contributed by atoms with Gasteiger partial charge in [0.15, 0.2) is 0 Å². The van der Waals surface area contributed by atoms with Crippen LogP contribution in [-0.2, 0) is 14.9 Å². The maximum atomic E-state index is 13.0. The number of ether oxygens (including phenoxy) is 1. The van der Waals surface area contributed by atoms with Gasteiger partial charge in [0.05, 0.1) is 29.6 Å². The van der Waals surface area contributed by atoms with Gasteiger partial charge in [0.1, 0.15) is 0 Å². The van der Waals surface area contributed by atoms with Crippen LogP contribution in [0.4, 0.5) is 11.4 Å². The molecule has 0 radical (unpaired) electrons. The lowest BCUT2D eigenvalue weighted by Crippen LogP contribution is -2.23. The average molecular weight is 415 g/mol. The summed E-state index contributed by atoms with van der Waals surface area (Å²) in [6.45, 7) is 6.05. The van der Waals surface area contributed by atoms with Crippen LogP contribution < -0.4 is 9.91 Å². The number of fused-ring (bicyclic) bond motifs is 1. The van der Waals surface area contributed by atoms with E-state index in [4.69, 9.17) is 4.74 Å². The molecule has 2 aliphatic heterocycles. The van der Waals surface area contributed by atoms with Crippen molar-refractivity contribution in [3.63, 3.8) is 0 Å². The molecule has 2 heterocycles. The van der Waals surface area contributed by atoms with Crippen LogP contribution in [-0.4, -0.2) is 31.7 Å². The van der Waals surface area contributed by atoms with E-state index >= 15 is 0 Å². The molecule has 0 saturated carbocycles. The number of hydrazone groups is 1. The molecule has 1 amide bonds. The fourth-order valence-electron chi connectivity index (χ4n) is 4.20. The number of rotatable bonds is 3. The minimum absolute atomic E-state index is 0.149. The molecule has 2 aromatic rings. The van der Waals surface area contributed by atoms with E-state index in [0.717, 1.165) is 22.6 Å². The molecule has 0 aromatic heterocycles. The first-order valence-corrected chi connectivity index (χ1v) is 10.1. The van der Waals surface area contributed by atoms with Gasteiger partial charge in [0.2, 0.25) is 0 Å². The van der Waals surface area contributed by atoms with Crippen molar-refractivity contribution in [3.8, 4) is 0 Å². The summed E-state index contributed by atoms with van der Waals surface area (Å²) in [7, 11) is 3.37. The number of methoxy groups -OCH3 is 1. The van der Waals surface area contributed by atoms with Gasteiger partial charge >= 0.3 is 5.97 Å². The quantitative estimate of drug-likeness (QED) is 0.549. The largest absolute Gasteiger partial charge is 0.465 e. The summed E-state index contributed by atoms with van der Waals surface area (Å²) in [5.41, 5.74) is 5.24. The number of para-hydroxylation sites is 1. The minimum Gasteiger partial charge on any atom is -0.465 e. The lowest BCUT2D eigenvalue weighted by Gasteiger charge is -2.23. The zero-order valence-corrected chi connectivity index (χ0v) is 18.3. The smallest absolute Gasteiger partial charge is 0.337 e. The molecule has 0 atom stereocenters. The second-order valence-electron chi connectivity index (χ2n) is 8.18. The van der Waals surface area contributed by atoms with Crippen LogP contribution in [0.1, 0.15) is 36.7 Å². The zero-order valence-electron chi connectivity index (χ0n) is 18.3.